The third-order valence-corrected chi connectivity index (χ3v) is 7.35. The molecule has 35 heavy (non-hydrogen) atoms. The zero-order valence-electron chi connectivity index (χ0n) is 21.7. The van der Waals surface area contributed by atoms with Crippen molar-refractivity contribution in [2.24, 2.45) is 11.8 Å². The molecule has 1 amide bonds. The molecule has 3 atom stereocenters. The average Bonchev–Trinajstić information content (AvgIpc) is 3.28. The highest BCUT2D eigenvalue weighted by molar-refractivity contribution is 5.77. The molecule has 4 rings (SSSR count). The summed E-state index contributed by atoms with van der Waals surface area (Å²) in [4.78, 5) is 17.5. The zero-order chi connectivity index (χ0) is 24.6. The van der Waals surface area contributed by atoms with E-state index in [9.17, 15) is 4.79 Å². The molecule has 188 valence electrons. The van der Waals surface area contributed by atoms with Crippen molar-refractivity contribution < 1.29 is 4.79 Å². The Morgan fingerprint density at radius 3 is 2.49 bits per heavy atom. The summed E-state index contributed by atoms with van der Waals surface area (Å²) < 4.78 is 0. The molecule has 2 aliphatic rings. The van der Waals surface area contributed by atoms with E-state index in [0.717, 1.165) is 52.1 Å². The third-order valence-electron chi connectivity index (χ3n) is 7.35. The molecule has 1 fully saturated rings. The number of benzene rings is 2. The Morgan fingerprint density at radius 1 is 0.943 bits per heavy atom. The number of hydrogen-bond acceptors (Lipinski definition) is 4. The van der Waals surface area contributed by atoms with Crippen molar-refractivity contribution in [2.45, 2.75) is 46.1 Å². The zero-order valence-corrected chi connectivity index (χ0v) is 21.7. The standard InChI is InChI=1S/C30H42N4O/c1-23-6-4-8-28(18-23)32-15-14-31-13-12-26-10-11-27(20-26)21-30(35)33-16-17-34(25(3)22-33)29-9-5-7-24(2)19-29/h4-11,18-19,25-27,31-32H,12-17,20-22H2,1-3H3. The molecule has 3 unspecified atom stereocenters. The Labute approximate surface area is 211 Å². The molecule has 0 spiro atoms. The fourth-order valence-corrected chi connectivity index (χ4v) is 5.42. The number of carbonyl (C=O) groups is 1. The summed E-state index contributed by atoms with van der Waals surface area (Å²) in [6.07, 6.45) is 7.51. The van der Waals surface area contributed by atoms with Crippen LogP contribution in [0.5, 0.6) is 0 Å². The summed E-state index contributed by atoms with van der Waals surface area (Å²) in [5.74, 6) is 1.29. The van der Waals surface area contributed by atoms with Gasteiger partial charge in [-0.15, -0.1) is 0 Å². The third kappa shape index (κ3) is 7.35. The Kier molecular flexibility index (Phi) is 8.86. The first-order chi connectivity index (χ1) is 17.0. The van der Waals surface area contributed by atoms with Gasteiger partial charge in [0, 0.05) is 56.6 Å². The van der Waals surface area contributed by atoms with Crippen LogP contribution in [0.1, 0.15) is 37.3 Å². The summed E-state index contributed by atoms with van der Waals surface area (Å²) in [7, 11) is 0. The van der Waals surface area contributed by atoms with Gasteiger partial charge in [-0.3, -0.25) is 4.79 Å². The minimum atomic E-state index is 0.316. The molecule has 5 heteroatoms. The normalized spacial score (nSPS) is 22.0. The summed E-state index contributed by atoms with van der Waals surface area (Å²) in [6.45, 7) is 11.9. The van der Waals surface area contributed by atoms with Gasteiger partial charge in [-0.25, -0.2) is 0 Å². The quantitative estimate of drug-likeness (QED) is 0.375. The number of aryl methyl sites for hydroxylation is 2. The number of nitrogens with zero attached hydrogens (tertiary/aromatic N) is 2. The lowest BCUT2D eigenvalue weighted by molar-refractivity contribution is -0.132. The number of amides is 1. The van der Waals surface area contributed by atoms with Gasteiger partial charge in [0.15, 0.2) is 0 Å². The number of nitrogens with one attached hydrogen (secondary N) is 2. The maximum Gasteiger partial charge on any atom is 0.223 e. The van der Waals surface area contributed by atoms with Crippen molar-refractivity contribution in [3.05, 3.63) is 71.8 Å². The van der Waals surface area contributed by atoms with Crippen LogP contribution in [0.4, 0.5) is 11.4 Å². The second kappa shape index (κ2) is 12.3. The van der Waals surface area contributed by atoms with Gasteiger partial charge < -0.3 is 20.4 Å². The number of piperazine rings is 1. The van der Waals surface area contributed by atoms with E-state index in [2.05, 4.69) is 102 Å². The van der Waals surface area contributed by atoms with Crippen molar-refractivity contribution in [1.82, 2.24) is 10.2 Å². The van der Waals surface area contributed by atoms with Crippen molar-refractivity contribution in [2.75, 3.05) is 49.5 Å². The van der Waals surface area contributed by atoms with Gasteiger partial charge in [-0.2, -0.15) is 0 Å². The van der Waals surface area contributed by atoms with Gasteiger partial charge in [0.05, 0.1) is 0 Å². The van der Waals surface area contributed by atoms with Gasteiger partial charge in [0.1, 0.15) is 0 Å². The van der Waals surface area contributed by atoms with Crippen LogP contribution in [-0.2, 0) is 4.79 Å². The molecule has 1 aliphatic carbocycles. The van der Waals surface area contributed by atoms with Crippen LogP contribution >= 0.6 is 0 Å². The predicted octanol–water partition coefficient (Wildman–Crippen LogP) is 5.01. The van der Waals surface area contributed by atoms with Crippen LogP contribution in [0.15, 0.2) is 60.7 Å². The first-order valence-corrected chi connectivity index (χ1v) is 13.3. The summed E-state index contributed by atoms with van der Waals surface area (Å²) >= 11 is 0. The second-order valence-electron chi connectivity index (χ2n) is 10.4. The predicted molar refractivity (Wildman–Crippen MR) is 147 cm³/mol. The number of rotatable bonds is 10. The molecule has 1 heterocycles. The van der Waals surface area contributed by atoms with E-state index in [-0.39, 0.29) is 0 Å². The first kappa shape index (κ1) is 25.3. The van der Waals surface area contributed by atoms with E-state index in [1.54, 1.807) is 0 Å². The monoisotopic (exact) mass is 474 g/mol. The molecule has 5 nitrogen and oxygen atoms in total. The lowest BCUT2D eigenvalue weighted by Gasteiger charge is -2.41. The van der Waals surface area contributed by atoms with Crippen molar-refractivity contribution in [3.8, 4) is 0 Å². The fraction of sp³-hybridized carbons (Fsp3) is 0.500. The topological polar surface area (TPSA) is 47.6 Å². The lowest BCUT2D eigenvalue weighted by Crippen LogP contribution is -2.54. The smallest absolute Gasteiger partial charge is 0.223 e. The molecular weight excluding hydrogens is 432 g/mol. The average molecular weight is 475 g/mol. The Hall–Kier alpha value is -2.79. The van der Waals surface area contributed by atoms with Crippen molar-refractivity contribution in [1.29, 1.82) is 0 Å². The van der Waals surface area contributed by atoms with Gasteiger partial charge in [-0.05, 0) is 87.4 Å². The maximum absolute atomic E-state index is 13.0. The highest BCUT2D eigenvalue weighted by atomic mass is 16.2. The molecule has 2 N–H and O–H groups in total. The Morgan fingerprint density at radius 2 is 1.71 bits per heavy atom. The summed E-state index contributed by atoms with van der Waals surface area (Å²) in [6, 6.07) is 17.5. The van der Waals surface area contributed by atoms with Crippen LogP contribution in [0.3, 0.4) is 0 Å². The molecular formula is C30H42N4O. The Balaban J connectivity index is 1.11. The highest BCUT2D eigenvalue weighted by Gasteiger charge is 2.29. The summed E-state index contributed by atoms with van der Waals surface area (Å²) in [5.41, 5.74) is 5.02. The molecule has 2 aromatic carbocycles. The van der Waals surface area contributed by atoms with Gasteiger partial charge in [0.2, 0.25) is 5.91 Å². The van der Waals surface area contributed by atoms with Crippen molar-refractivity contribution >= 4 is 17.3 Å². The van der Waals surface area contributed by atoms with E-state index in [0.29, 0.717) is 30.2 Å². The van der Waals surface area contributed by atoms with Crippen LogP contribution in [0.2, 0.25) is 0 Å². The first-order valence-electron chi connectivity index (χ1n) is 13.3. The van der Waals surface area contributed by atoms with Crippen LogP contribution < -0.4 is 15.5 Å². The van der Waals surface area contributed by atoms with E-state index in [1.165, 1.54) is 22.5 Å². The molecule has 1 aliphatic heterocycles. The van der Waals surface area contributed by atoms with Gasteiger partial charge in [-0.1, -0.05) is 36.4 Å². The highest BCUT2D eigenvalue weighted by Crippen LogP contribution is 2.29. The van der Waals surface area contributed by atoms with E-state index >= 15 is 0 Å². The van der Waals surface area contributed by atoms with Crippen molar-refractivity contribution in [3.63, 3.8) is 0 Å². The lowest BCUT2D eigenvalue weighted by atomic mass is 9.97. The van der Waals surface area contributed by atoms with E-state index < -0.39 is 0 Å². The Bertz CT molecular complexity index is 1000. The number of anilines is 2. The largest absolute Gasteiger partial charge is 0.384 e. The molecule has 0 bridgehead atoms. The minimum Gasteiger partial charge on any atom is -0.384 e. The maximum atomic E-state index is 13.0. The van der Waals surface area contributed by atoms with Crippen LogP contribution in [0, 0.1) is 25.7 Å². The molecule has 2 aromatic rings. The van der Waals surface area contributed by atoms with Gasteiger partial charge in [0.25, 0.3) is 0 Å². The summed E-state index contributed by atoms with van der Waals surface area (Å²) in [5, 5.41) is 7.02. The van der Waals surface area contributed by atoms with Crippen LogP contribution in [0.25, 0.3) is 0 Å². The van der Waals surface area contributed by atoms with E-state index in [1.807, 2.05) is 0 Å². The number of allylic oxidation sites excluding steroid dienone is 2. The molecule has 0 saturated carbocycles. The SMILES string of the molecule is Cc1cccc(NCCNCCC2C=CC(CC(=O)N3CCN(c4cccc(C)c4)C(C)C3)C2)c1. The molecule has 1 saturated heterocycles. The molecule has 0 aromatic heterocycles. The van der Waals surface area contributed by atoms with Gasteiger partial charge >= 0.3 is 0 Å². The number of hydrogen-bond donors (Lipinski definition) is 2. The fourth-order valence-electron chi connectivity index (χ4n) is 5.42. The number of carbonyl (C=O) groups excluding carboxylic acids is 1. The minimum absolute atomic E-state index is 0.316. The van der Waals surface area contributed by atoms with E-state index in [4.69, 9.17) is 0 Å². The molecule has 0 radical (unpaired) electrons. The second-order valence-corrected chi connectivity index (χ2v) is 10.4. The van der Waals surface area contributed by atoms with Crippen LogP contribution in [-0.4, -0.2) is 56.1 Å².